The predicted octanol–water partition coefficient (Wildman–Crippen LogP) is 4.95. The minimum Gasteiger partial charge on any atom is -0.399 e. The van der Waals surface area contributed by atoms with E-state index in [9.17, 15) is 0 Å². The zero-order valence-electron chi connectivity index (χ0n) is 8.28. The molecule has 0 fully saturated rings. The number of hydrogen-bond donors (Lipinski definition) is 1. The Balaban J connectivity index is 2.31. The van der Waals surface area contributed by atoms with Gasteiger partial charge in [-0.05, 0) is 62.2 Å². The lowest BCUT2D eigenvalue weighted by Crippen LogP contribution is -1.85. The molecule has 1 nitrogen and oxygen atoms in total. The van der Waals surface area contributed by atoms with Crippen LogP contribution in [-0.4, -0.2) is 0 Å². The summed E-state index contributed by atoms with van der Waals surface area (Å²) >= 11 is 8.75. The van der Waals surface area contributed by atoms with E-state index in [4.69, 9.17) is 5.73 Å². The Labute approximate surface area is 116 Å². The highest BCUT2D eigenvalue weighted by molar-refractivity contribution is 9.11. The minimum atomic E-state index is 0.767. The molecule has 16 heavy (non-hydrogen) atoms. The molecule has 0 aliphatic rings. The van der Waals surface area contributed by atoms with Crippen molar-refractivity contribution in [3.8, 4) is 0 Å². The topological polar surface area (TPSA) is 26.0 Å². The normalized spacial score (nSPS) is 10.4. The molecule has 0 aliphatic heterocycles. The highest BCUT2D eigenvalue weighted by Crippen LogP contribution is 2.37. The Bertz CT molecular complexity index is 514. The zero-order chi connectivity index (χ0) is 11.5. The highest BCUT2D eigenvalue weighted by atomic mass is 79.9. The number of rotatable bonds is 2. The smallest absolute Gasteiger partial charge is 0.0335 e. The van der Waals surface area contributed by atoms with Gasteiger partial charge < -0.3 is 5.73 Å². The Hall–Kier alpha value is -0.450. The van der Waals surface area contributed by atoms with E-state index in [0.717, 1.165) is 19.5 Å². The second-order valence-corrected chi connectivity index (χ2v) is 6.01. The van der Waals surface area contributed by atoms with Crippen molar-refractivity contribution < 1.29 is 0 Å². The minimum absolute atomic E-state index is 0.767. The van der Waals surface area contributed by atoms with Crippen molar-refractivity contribution >= 4 is 49.3 Å². The molecular formula is C12H9Br2NS. The summed E-state index contributed by atoms with van der Waals surface area (Å²) in [6.07, 6.45) is 0. The molecule has 0 radical (unpaired) electrons. The molecular weight excluding hydrogens is 350 g/mol. The zero-order valence-corrected chi connectivity index (χ0v) is 12.3. The van der Waals surface area contributed by atoms with Gasteiger partial charge in [0.05, 0.1) is 0 Å². The van der Waals surface area contributed by atoms with E-state index < -0.39 is 0 Å². The molecule has 2 aromatic rings. The van der Waals surface area contributed by atoms with Gasteiger partial charge in [0, 0.05) is 24.4 Å². The number of nitrogens with two attached hydrogens (primary N) is 1. The summed E-state index contributed by atoms with van der Waals surface area (Å²) in [6, 6.07) is 14.0. The van der Waals surface area contributed by atoms with Crippen LogP contribution >= 0.6 is 43.6 Å². The standard InChI is InChI=1S/C12H9Br2NS/c13-9-3-1-2-4-11(9)16-12-6-5-8(15)7-10(12)14/h1-7H,15H2. The van der Waals surface area contributed by atoms with Crippen LogP contribution in [0.2, 0.25) is 0 Å². The molecule has 2 N–H and O–H groups in total. The van der Waals surface area contributed by atoms with Crippen LogP contribution in [0.15, 0.2) is 61.2 Å². The summed E-state index contributed by atoms with van der Waals surface area (Å²) in [4.78, 5) is 2.34. The lowest BCUT2D eigenvalue weighted by atomic mass is 10.3. The molecule has 0 spiro atoms. The average molecular weight is 359 g/mol. The molecule has 4 heteroatoms. The molecule has 0 unspecified atom stereocenters. The first-order valence-electron chi connectivity index (χ1n) is 4.64. The van der Waals surface area contributed by atoms with Gasteiger partial charge in [-0.2, -0.15) is 0 Å². The summed E-state index contributed by atoms with van der Waals surface area (Å²) in [5, 5.41) is 0. The van der Waals surface area contributed by atoms with Crippen molar-refractivity contribution in [1.82, 2.24) is 0 Å². The summed E-state index contributed by atoms with van der Waals surface area (Å²) in [7, 11) is 0. The molecule has 2 rings (SSSR count). The predicted molar refractivity (Wildman–Crippen MR) is 76.8 cm³/mol. The maximum Gasteiger partial charge on any atom is 0.0335 e. The van der Waals surface area contributed by atoms with Crippen LogP contribution < -0.4 is 5.73 Å². The number of benzene rings is 2. The van der Waals surface area contributed by atoms with Crippen molar-refractivity contribution in [3.05, 3.63) is 51.4 Å². The summed E-state index contributed by atoms with van der Waals surface area (Å²) in [6.45, 7) is 0. The monoisotopic (exact) mass is 357 g/mol. The molecule has 2 aromatic carbocycles. The van der Waals surface area contributed by atoms with E-state index in [0.29, 0.717) is 0 Å². The van der Waals surface area contributed by atoms with Crippen molar-refractivity contribution in [1.29, 1.82) is 0 Å². The number of nitrogen functional groups attached to an aromatic ring is 1. The van der Waals surface area contributed by atoms with Gasteiger partial charge in [-0.1, -0.05) is 23.9 Å². The van der Waals surface area contributed by atoms with Gasteiger partial charge in [0.2, 0.25) is 0 Å². The first-order valence-corrected chi connectivity index (χ1v) is 7.04. The largest absolute Gasteiger partial charge is 0.399 e. The third kappa shape index (κ3) is 2.81. The summed E-state index contributed by atoms with van der Waals surface area (Å²) in [5.74, 6) is 0. The molecule has 0 atom stereocenters. The van der Waals surface area contributed by atoms with E-state index in [1.165, 1.54) is 4.90 Å². The summed E-state index contributed by atoms with van der Waals surface area (Å²) < 4.78 is 2.12. The average Bonchev–Trinajstić information content (AvgIpc) is 2.25. The van der Waals surface area contributed by atoms with Crippen molar-refractivity contribution in [2.45, 2.75) is 9.79 Å². The maximum atomic E-state index is 5.70. The van der Waals surface area contributed by atoms with Crippen molar-refractivity contribution in [3.63, 3.8) is 0 Å². The third-order valence-electron chi connectivity index (χ3n) is 2.01. The Morgan fingerprint density at radius 1 is 0.875 bits per heavy atom. The molecule has 0 aliphatic carbocycles. The van der Waals surface area contributed by atoms with E-state index in [1.54, 1.807) is 11.8 Å². The Kier molecular flexibility index (Phi) is 3.95. The molecule has 0 heterocycles. The van der Waals surface area contributed by atoms with Gasteiger partial charge in [-0.25, -0.2) is 0 Å². The van der Waals surface area contributed by atoms with Gasteiger partial charge in [-0.15, -0.1) is 0 Å². The SMILES string of the molecule is Nc1ccc(Sc2ccccc2Br)c(Br)c1. The lowest BCUT2D eigenvalue weighted by molar-refractivity contribution is 1.35. The fraction of sp³-hybridized carbons (Fsp3) is 0. The second-order valence-electron chi connectivity index (χ2n) is 3.22. The lowest BCUT2D eigenvalue weighted by Gasteiger charge is -2.06. The second kappa shape index (κ2) is 5.25. The molecule has 82 valence electrons. The van der Waals surface area contributed by atoms with Crippen LogP contribution in [0, 0.1) is 0 Å². The van der Waals surface area contributed by atoms with Crippen LogP contribution in [0.25, 0.3) is 0 Å². The van der Waals surface area contributed by atoms with Crippen molar-refractivity contribution in [2.75, 3.05) is 5.73 Å². The first kappa shape index (κ1) is 12.0. The summed E-state index contributed by atoms with van der Waals surface area (Å²) in [5.41, 5.74) is 6.47. The van der Waals surface area contributed by atoms with E-state index in [-0.39, 0.29) is 0 Å². The number of halogens is 2. The number of hydrogen-bond acceptors (Lipinski definition) is 2. The molecule has 0 aromatic heterocycles. The van der Waals surface area contributed by atoms with Crippen LogP contribution in [0.4, 0.5) is 5.69 Å². The van der Waals surface area contributed by atoms with E-state index in [1.807, 2.05) is 36.4 Å². The fourth-order valence-electron chi connectivity index (χ4n) is 1.25. The molecule has 0 bridgehead atoms. The first-order chi connectivity index (χ1) is 7.66. The van der Waals surface area contributed by atoms with Gasteiger partial charge in [0.25, 0.3) is 0 Å². The number of anilines is 1. The molecule has 0 saturated heterocycles. The van der Waals surface area contributed by atoms with E-state index in [2.05, 4.69) is 37.9 Å². The fourth-order valence-corrected chi connectivity index (χ4v) is 3.25. The molecule has 0 saturated carbocycles. The van der Waals surface area contributed by atoms with Crippen LogP contribution in [0.3, 0.4) is 0 Å². The quantitative estimate of drug-likeness (QED) is 0.769. The Morgan fingerprint density at radius 2 is 1.56 bits per heavy atom. The maximum absolute atomic E-state index is 5.70. The van der Waals surface area contributed by atoms with Gasteiger partial charge in [-0.3, -0.25) is 0 Å². The van der Waals surface area contributed by atoms with Crippen LogP contribution in [0.5, 0.6) is 0 Å². The van der Waals surface area contributed by atoms with Crippen LogP contribution in [0.1, 0.15) is 0 Å². The van der Waals surface area contributed by atoms with Crippen LogP contribution in [-0.2, 0) is 0 Å². The van der Waals surface area contributed by atoms with Gasteiger partial charge in [0.1, 0.15) is 0 Å². The Morgan fingerprint density at radius 3 is 2.25 bits per heavy atom. The van der Waals surface area contributed by atoms with Gasteiger partial charge in [0.15, 0.2) is 0 Å². The van der Waals surface area contributed by atoms with Crippen molar-refractivity contribution in [2.24, 2.45) is 0 Å². The third-order valence-corrected chi connectivity index (χ3v) is 5.04. The van der Waals surface area contributed by atoms with Gasteiger partial charge >= 0.3 is 0 Å². The highest BCUT2D eigenvalue weighted by Gasteiger charge is 2.05. The molecule has 0 amide bonds. The van der Waals surface area contributed by atoms with E-state index >= 15 is 0 Å².